The number of carbonyl (C=O) groups excluding carboxylic acids is 2. The molecule has 2 amide bonds. The van der Waals surface area contributed by atoms with Crippen LogP contribution in [0.3, 0.4) is 0 Å². The fraction of sp³-hybridized carbons (Fsp3) is 0.538. The molecule has 0 unspecified atom stereocenters. The monoisotopic (exact) mass is 499 g/mol. The van der Waals surface area contributed by atoms with Crippen molar-refractivity contribution in [1.82, 2.24) is 25.5 Å². The van der Waals surface area contributed by atoms with Gasteiger partial charge in [-0.3, -0.25) is 4.79 Å². The standard InChI is InChI=1S/C26H34ClN5O3/c1-16-5-10-19-22(16)23(30-15-29-19)21-14-28-11-12-32(21)24(33)20(31-25(34)35-26(2,3)4)13-17-6-8-18(27)9-7-17/h6-9,15-16,20-21,28H,5,10-14H2,1-4H3,(H,31,34)/t16-,20-,21+/m1/s1. The molecule has 1 saturated heterocycles. The van der Waals surface area contributed by atoms with Gasteiger partial charge in [0.1, 0.15) is 18.0 Å². The SMILES string of the molecule is C[C@@H]1CCc2ncnc([C@@H]3CNCCN3C(=O)[C@@H](Cc3ccc(Cl)cc3)NC(=O)OC(C)(C)C)c21. The Bertz CT molecular complexity index is 1070. The van der Waals surface area contributed by atoms with Gasteiger partial charge in [-0.2, -0.15) is 0 Å². The van der Waals surface area contributed by atoms with E-state index in [1.807, 2.05) is 17.0 Å². The van der Waals surface area contributed by atoms with Crippen molar-refractivity contribution in [3.05, 3.63) is 58.1 Å². The molecule has 1 aliphatic carbocycles. The molecule has 35 heavy (non-hydrogen) atoms. The number of fused-ring (bicyclic) bond motifs is 1. The predicted octanol–water partition coefficient (Wildman–Crippen LogP) is 3.79. The summed E-state index contributed by atoms with van der Waals surface area (Å²) in [5.74, 6) is 0.195. The van der Waals surface area contributed by atoms with Gasteiger partial charge in [0.2, 0.25) is 5.91 Å². The summed E-state index contributed by atoms with van der Waals surface area (Å²) >= 11 is 6.05. The zero-order chi connectivity index (χ0) is 25.2. The topological polar surface area (TPSA) is 96.5 Å². The number of halogens is 1. The quantitative estimate of drug-likeness (QED) is 0.649. The highest BCUT2D eigenvalue weighted by atomic mass is 35.5. The third-order valence-electron chi connectivity index (χ3n) is 6.49. The number of aromatic nitrogens is 2. The minimum absolute atomic E-state index is 0.157. The van der Waals surface area contributed by atoms with Crippen LogP contribution in [-0.4, -0.2) is 58.1 Å². The fourth-order valence-corrected chi connectivity index (χ4v) is 4.99. The second-order valence-corrected chi connectivity index (χ2v) is 10.8. The summed E-state index contributed by atoms with van der Waals surface area (Å²) in [6.45, 7) is 9.37. The Labute approximate surface area is 211 Å². The fourth-order valence-electron chi connectivity index (χ4n) is 4.87. The van der Waals surface area contributed by atoms with Crippen LogP contribution < -0.4 is 10.6 Å². The van der Waals surface area contributed by atoms with Crippen LogP contribution in [0.25, 0.3) is 0 Å². The van der Waals surface area contributed by atoms with Crippen LogP contribution in [0.5, 0.6) is 0 Å². The Morgan fingerprint density at radius 3 is 2.71 bits per heavy atom. The Kier molecular flexibility index (Phi) is 7.62. The molecular formula is C26H34ClN5O3. The lowest BCUT2D eigenvalue weighted by molar-refractivity contribution is -0.137. The molecule has 1 aromatic carbocycles. The van der Waals surface area contributed by atoms with Crippen LogP contribution in [0, 0.1) is 0 Å². The van der Waals surface area contributed by atoms with Crippen molar-refractivity contribution < 1.29 is 14.3 Å². The molecule has 2 heterocycles. The number of benzene rings is 1. The highest BCUT2D eigenvalue weighted by molar-refractivity contribution is 6.30. The number of rotatable bonds is 5. The summed E-state index contributed by atoms with van der Waals surface area (Å²) in [4.78, 5) is 37.7. The second-order valence-electron chi connectivity index (χ2n) is 10.3. The van der Waals surface area contributed by atoms with E-state index >= 15 is 0 Å². The number of carbonyl (C=O) groups is 2. The van der Waals surface area contributed by atoms with Crippen LogP contribution in [0.1, 0.15) is 68.6 Å². The van der Waals surface area contributed by atoms with E-state index < -0.39 is 17.7 Å². The zero-order valence-electron chi connectivity index (χ0n) is 20.8. The molecule has 1 aromatic heterocycles. The van der Waals surface area contributed by atoms with Gasteiger partial charge in [0, 0.05) is 42.3 Å². The van der Waals surface area contributed by atoms with Crippen LogP contribution in [0.15, 0.2) is 30.6 Å². The first-order valence-electron chi connectivity index (χ1n) is 12.2. The summed E-state index contributed by atoms with van der Waals surface area (Å²) < 4.78 is 5.47. The van der Waals surface area contributed by atoms with Crippen LogP contribution in [0.2, 0.25) is 5.02 Å². The summed E-state index contributed by atoms with van der Waals surface area (Å²) in [7, 11) is 0. The number of ether oxygens (including phenoxy) is 1. The lowest BCUT2D eigenvalue weighted by atomic mass is 9.96. The Morgan fingerprint density at radius 1 is 1.26 bits per heavy atom. The lowest BCUT2D eigenvalue weighted by Crippen LogP contribution is -2.56. The summed E-state index contributed by atoms with van der Waals surface area (Å²) in [6, 6.07) is 6.28. The van der Waals surface area contributed by atoms with Crippen molar-refractivity contribution in [1.29, 1.82) is 0 Å². The summed E-state index contributed by atoms with van der Waals surface area (Å²) in [5.41, 5.74) is 3.36. The average molecular weight is 500 g/mol. The zero-order valence-corrected chi connectivity index (χ0v) is 21.6. The number of nitrogens with one attached hydrogen (secondary N) is 2. The van der Waals surface area contributed by atoms with Crippen molar-refractivity contribution in [3.63, 3.8) is 0 Å². The molecule has 9 heteroatoms. The number of alkyl carbamates (subject to hydrolysis) is 1. The van der Waals surface area contributed by atoms with E-state index in [-0.39, 0.29) is 11.9 Å². The number of aryl methyl sites for hydroxylation is 1. The number of hydrogen-bond donors (Lipinski definition) is 2. The Balaban J connectivity index is 1.63. The first kappa shape index (κ1) is 25.4. The molecule has 2 aliphatic rings. The summed E-state index contributed by atoms with van der Waals surface area (Å²) in [5, 5.41) is 6.85. The van der Waals surface area contributed by atoms with E-state index in [1.165, 1.54) is 0 Å². The van der Waals surface area contributed by atoms with Gasteiger partial charge in [0.25, 0.3) is 0 Å². The van der Waals surface area contributed by atoms with E-state index in [1.54, 1.807) is 39.2 Å². The minimum Gasteiger partial charge on any atom is -0.444 e. The van der Waals surface area contributed by atoms with E-state index in [9.17, 15) is 9.59 Å². The number of amides is 2. The third-order valence-corrected chi connectivity index (χ3v) is 6.74. The first-order valence-corrected chi connectivity index (χ1v) is 12.6. The molecular weight excluding hydrogens is 466 g/mol. The highest BCUT2D eigenvalue weighted by Crippen LogP contribution is 2.37. The molecule has 0 bridgehead atoms. The van der Waals surface area contributed by atoms with Gasteiger partial charge >= 0.3 is 6.09 Å². The van der Waals surface area contributed by atoms with Crippen molar-refractivity contribution in [3.8, 4) is 0 Å². The molecule has 0 spiro atoms. The van der Waals surface area contributed by atoms with E-state index in [0.717, 1.165) is 35.4 Å². The molecule has 4 rings (SSSR count). The summed E-state index contributed by atoms with van der Waals surface area (Å²) in [6.07, 6.45) is 3.28. The van der Waals surface area contributed by atoms with Gasteiger partial charge in [-0.05, 0) is 57.2 Å². The lowest BCUT2D eigenvalue weighted by Gasteiger charge is -2.39. The van der Waals surface area contributed by atoms with Crippen molar-refractivity contribution >= 4 is 23.6 Å². The van der Waals surface area contributed by atoms with Gasteiger partial charge in [-0.1, -0.05) is 30.7 Å². The predicted molar refractivity (Wildman–Crippen MR) is 134 cm³/mol. The van der Waals surface area contributed by atoms with Gasteiger partial charge in [0.05, 0.1) is 11.7 Å². The van der Waals surface area contributed by atoms with Crippen LogP contribution in [0.4, 0.5) is 4.79 Å². The van der Waals surface area contributed by atoms with Gasteiger partial charge in [-0.15, -0.1) is 0 Å². The first-order chi connectivity index (χ1) is 16.6. The maximum absolute atomic E-state index is 14.0. The number of nitrogens with zero attached hydrogens (tertiary/aromatic N) is 3. The average Bonchev–Trinajstić information content (AvgIpc) is 3.19. The molecule has 0 radical (unpaired) electrons. The largest absolute Gasteiger partial charge is 0.444 e. The molecule has 2 N–H and O–H groups in total. The Morgan fingerprint density at radius 2 is 2.00 bits per heavy atom. The molecule has 1 fully saturated rings. The van der Waals surface area contributed by atoms with Gasteiger partial charge in [-0.25, -0.2) is 14.8 Å². The number of hydrogen-bond acceptors (Lipinski definition) is 6. The van der Waals surface area contributed by atoms with Crippen LogP contribution >= 0.6 is 11.6 Å². The van der Waals surface area contributed by atoms with Crippen molar-refractivity contribution in [2.75, 3.05) is 19.6 Å². The molecule has 3 atom stereocenters. The van der Waals surface area contributed by atoms with Gasteiger partial charge < -0.3 is 20.3 Å². The maximum Gasteiger partial charge on any atom is 0.408 e. The second kappa shape index (κ2) is 10.5. The van der Waals surface area contributed by atoms with E-state index in [0.29, 0.717) is 37.0 Å². The van der Waals surface area contributed by atoms with Crippen molar-refractivity contribution in [2.45, 2.75) is 70.6 Å². The maximum atomic E-state index is 14.0. The molecule has 0 saturated carbocycles. The van der Waals surface area contributed by atoms with Gasteiger partial charge in [0.15, 0.2) is 0 Å². The van der Waals surface area contributed by atoms with E-state index in [4.69, 9.17) is 16.3 Å². The molecule has 2 aromatic rings. The molecule has 1 aliphatic heterocycles. The normalized spacial score (nSPS) is 20.8. The Hall–Kier alpha value is -2.71. The highest BCUT2D eigenvalue weighted by Gasteiger charge is 2.37. The van der Waals surface area contributed by atoms with E-state index in [2.05, 4.69) is 27.5 Å². The van der Waals surface area contributed by atoms with Crippen molar-refractivity contribution in [2.24, 2.45) is 0 Å². The minimum atomic E-state index is -0.793. The number of piperazine rings is 1. The third kappa shape index (κ3) is 6.11. The smallest absolute Gasteiger partial charge is 0.408 e. The molecule has 188 valence electrons. The van der Waals surface area contributed by atoms with Crippen LogP contribution in [-0.2, 0) is 22.4 Å². The molecule has 8 nitrogen and oxygen atoms in total.